The minimum absolute atomic E-state index is 0.0391. The summed E-state index contributed by atoms with van der Waals surface area (Å²) < 4.78 is 5.37. The van der Waals surface area contributed by atoms with Crippen molar-refractivity contribution in [3.05, 3.63) is 35.9 Å². The van der Waals surface area contributed by atoms with Gasteiger partial charge >= 0.3 is 0 Å². The largest absolute Gasteiger partial charge is 0.375 e. The lowest BCUT2D eigenvalue weighted by Crippen LogP contribution is -2.21. The Kier molecular flexibility index (Phi) is 4.03. The van der Waals surface area contributed by atoms with Gasteiger partial charge in [-0.2, -0.15) is 0 Å². The third-order valence-electron chi connectivity index (χ3n) is 2.12. The summed E-state index contributed by atoms with van der Waals surface area (Å²) in [7, 11) is 3.57. The highest BCUT2D eigenvalue weighted by molar-refractivity contribution is 5.18. The number of benzene rings is 1. The summed E-state index contributed by atoms with van der Waals surface area (Å²) >= 11 is 0. The van der Waals surface area contributed by atoms with Crippen molar-refractivity contribution in [2.45, 2.75) is 6.10 Å². The van der Waals surface area contributed by atoms with E-state index in [-0.39, 0.29) is 6.10 Å². The molecule has 0 bridgehead atoms. The molecule has 1 atom stereocenters. The second-order valence-corrected chi connectivity index (χ2v) is 3.14. The number of terminal acetylenes is 1. The molecule has 0 aliphatic heterocycles. The van der Waals surface area contributed by atoms with Gasteiger partial charge < -0.3 is 9.64 Å². The average Bonchev–Trinajstić information content (AvgIpc) is 2.26. The van der Waals surface area contributed by atoms with Crippen molar-refractivity contribution < 1.29 is 4.74 Å². The number of likely N-dealkylation sites (N-methyl/N-ethyl adjacent to an activating group) is 1. The van der Waals surface area contributed by atoms with Crippen LogP contribution >= 0.6 is 0 Å². The highest BCUT2D eigenvalue weighted by Crippen LogP contribution is 2.16. The SMILES string of the molecule is C#CN(C)CC(OC)c1ccccc1. The summed E-state index contributed by atoms with van der Waals surface area (Å²) in [6, 6.07) is 12.6. The lowest BCUT2D eigenvalue weighted by atomic mass is 10.1. The van der Waals surface area contributed by atoms with Crippen molar-refractivity contribution in [3.63, 3.8) is 0 Å². The predicted molar refractivity (Wildman–Crippen MR) is 57.7 cm³/mol. The number of hydrogen-bond acceptors (Lipinski definition) is 2. The first-order valence-corrected chi connectivity index (χ1v) is 4.53. The molecule has 0 spiro atoms. The minimum atomic E-state index is 0.0391. The van der Waals surface area contributed by atoms with Gasteiger partial charge in [-0.1, -0.05) is 36.8 Å². The highest BCUT2D eigenvalue weighted by Gasteiger charge is 2.10. The Hall–Kier alpha value is -1.46. The van der Waals surface area contributed by atoms with Gasteiger partial charge in [-0.05, 0) is 5.56 Å². The van der Waals surface area contributed by atoms with Gasteiger partial charge in [0.1, 0.15) is 6.10 Å². The molecular weight excluding hydrogens is 174 g/mol. The lowest BCUT2D eigenvalue weighted by Gasteiger charge is -2.20. The zero-order valence-electron chi connectivity index (χ0n) is 8.60. The van der Waals surface area contributed by atoms with Crippen molar-refractivity contribution in [2.75, 3.05) is 20.7 Å². The Morgan fingerprint density at radius 3 is 2.57 bits per heavy atom. The minimum Gasteiger partial charge on any atom is -0.375 e. The van der Waals surface area contributed by atoms with Gasteiger partial charge in [0.15, 0.2) is 0 Å². The molecule has 74 valence electrons. The topological polar surface area (TPSA) is 12.5 Å². The van der Waals surface area contributed by atoms with Crippen LogP contribution in [0.1, 0.15) is 11.7 Å². The third kappa shape index (κ3) is 2.79. The molecule has 0 saturated carbocycles. The van der Waals surface area contributed by atoms with Crippen LogP contribution in [-0.4, -0.2) is 25.6 Å². The first-order chi connectivity index (χ1) is 6.77. The monoisotopic (exact) mass is 189 g/mol. The van der Waals surface area contributed by atoms with E-state index in [0.717, 1.165) is 5.56 Å². The molecule has 14 heavy (non-hydrogen) atoms. The summed E-state index contributed by atoms with van der Waals surface area (Å²) in [6.07, 6.45) is 5.31. The van der Waals surface area contributed by atoms with E-state index in [1.807, 2.05) is 37.4 Å². The Balaban J connectivity index is 2.69. The van der Waals surface area contributed by atoms with Crippen molar-refractivity contribution in [2.24, 2.45) is 0 Å². The molecular formula is C12H15NO. The number of hydrogen-bond donors (Lipinski definition) is 0. The quantitative estimate of drug-likeness (QED) is 0.530. The van der Waals surface area contributed by atoms with E-state index in [9.17, 15) is 0 Å². The second kappa shape index (κ2) is 5.31. The summed E-state index contributed by atoms with van der Waals surface area (Å²) in [5.74, 6) is 0. The molecule has 1 unspecified atom stereocenters. The fourth-order valence-electron chi connectivity index (χ4n) is 1.29. The fourth-order valence-corrected chi connectivity index (χ4v) is 1.29. The van der Waals surface area contributed by atoms with E-state index in [4.69, 9.17) is 11.2 Å². The lowest BCUT2D eigenvalue weighted by molar-refractivity contribution is 0.0850. The predicted octanol–water partition coefficient (Wildman–Crippen LogP) is 1.90. The van der Waals surface area contributed by atoms with Crippen molar-refractivity contribution in [1.29, 1.82) is 0 Å². The first kappa shape index (κ1) is 10.6. The van der Waals surface area contributed by atoms with Gasteiger partial charge in [-0.25, -0.2) is 0 Å². The standard InChI is InChI=1S/C12H15NO/c1-4-13(2)10-12(14-3)11-8-6-5-7-9-11/h1,5-9,12H,10H2,2-3H3. The van der Waals surface area contributed by atoms with Crippen LogP contribution in [0.4, 0.5) is 0 Å². The van der Waals surface area contributed by atoms with Crippen LogP contribution in [0.5, 0.6) is 0 Å². The smallest absolute Gasteiger partial charge is 0.100 e. The zero-order valence-corrected chi connectivity index (χ0v) is 8.60. The fraction of sp³-hybridized carbons (Fsp3) is 0.333. The molecule has 0 aromatic heterocycles. The maximum atomic E-state index is 5.37. The average molecular weight is 189 g/mol. The van der Waals surface area contributed by atoms with Crippen molar-refractivity contribution in [3.8, 4) is 12.5 Å². The van der Waals surface area contributed by atoms with Crippen LogP contribution in [0.2, 0.25) is 0 Å². The Bertz CT molecular complexity index is 302. The highest BCUT2D eigenvalue weighted by atomic mass is 16.5. The van der Waals surface area contributed by atoms with E-state index in [2.05, 4.69) is 6.04 Å². The van der Waals surface area contributed by atoms with Crippen LogP contribution in [-0.2, 0) is 4.74 Å². The van der Waals surface area contributed by atoms with Gasteiger partial charge in [-0.15, -0.1) is 0 Å². The van der Waals surface area contributed by atoms with Crippen molar-refractivity contribution in [1.82, 2.24) is 4.90 Å². The number of rotatable bonds is 4. The molecule has 0 heterocycles. The molecule has 0 N–H and O–H groups in total. The normalized spacial score (nSPS) is 11.8. The maximum absolute atomic E-state index is 5.37. The summed E-state index contributed by atoms with van der Waals surface area (Å²) in [5, 5.41) is 0. The summed E-state index contributed by atoms with van der Waals surface area (Å²) in [4.78, 5) is 1.78. The van der Waals surface area contributed by atoms with Crippen LogP contribution in [0.3, 0.4) is 0 Å². The molecule has 0 radical (unpaired) electrons. The van der Waals surface area contributed by atoms with E-state index in [0.29, 0.717) is 6.54 Å². The van der Waals surface area contributed by atoms with E-state index in [1.165, 1.54) is 0 Å². The molecule has 0 amide bonds. The van der Waals surface area contributed by atoms with Crippen LogP contribution in [0.25, 0.3) is 0 Å². The molecule has 1 aromatic carbocycles. The molecule has 1 rings (SSSR count). The van der Waals surface area contributed by atoms with Gasteiger partial charge in [0.2, 0.25) is 0 Å². The van der Waals surface area contributed by atoms with E-state index >= 15 is 0 Å². The zero-order chi connectivity index (χ0) is 10.4. The molecule has 0 saturated heterocycles. The van der Waals surface area contributed by atoms with Gasteiger partial charge in [-0.3, -0.25) is 0 Å². The molecule has 2 heteroatoms. The number of nitrogens with zero attached hydrogens (tertiary/aromatic N) is 1. The second-order valence-electron chi connectivity index (χ2n) is 3.14. The number of ether oxygens (including phenoxy) is 1. The van der Waals surface area contributed by atoms with Crippen LogP contribution < -0.4 is 0 Å². The number of methoxy groups -OCH3 is 1. The van der Waals surface area contributed by atoms with Gasteiger partial charge in [0, 0.05) is 20.2 Å². The van der Waals surface area contributed by atoms with E-state index < -0.39 is 0 Å². The Morgan fingerprint density at radius 1 is 1.43 bits per heavy atom. The van der Waals surface area contributed by atoms with Crippen LogP contribution in [0.15, 0.2) is 30.3 Å². The summed E-state index contributed by atoms with van der Waals surface area (Å²) in [6.45, 7) is 0.705. The Morgan fingerprint density at radius 2 is 2.07 bits per heavy atom. The third-order valence-corrected chi connectivity index (χ3v) is 2.12. The molecule has 2 nitrogen and oxygen atoms in total. The van der Waals surface area contributed by atoms with Crippen molar-refractivity contribution >= 4 is 0 Å². The molecule has 0 fully saturated rings. The van der Waals surface area contributed by atoms with Gasteiger partial charge in [0.05, 0.1) is 6.54 Å². The molecule has 0 aliphatic carbocycles. The molecule has 0 aliphatic rings. The first-order valence-electron chi connectivity index (χ1n) is 4.53. The van der Waals surface area contributed by atoms with Crippen LogP contribution in [0, 0.1) is 12.5 Å². The van der Waals surface area contributed by atoms with Gasteiger partial charge in [0.25, 0.3) is 0 Å². The van der Waals surface area contributed by atoms with E-state index in [1.54, 1.807) is 12.0 Å². The summed E-state index contributed by atoms with van der Waals surface area (Å²) in [5.41, 5.74) is 1.15. The maximum Gasteiger partial charge on any atom is 0.100 e. The Labute approximate surface area is 85.5 Å². The molecule has 1 aromatic rings.